The number of halogens is 4. The third-order valence-corrected chi connectivity index (χ3v) is 2.43. The Morgan fingerprint density at radius 3 is 2.25 bits per heavy atom. The van der Waals surface area contributed by atoms with Crippen LogP contribution in [0.3, 0.4) is 0 Å². The largest absolute Gasteiger partial charge is 0.427 e. The van der Waals surface area contributed by atoms with E-state index in [1.54, 1.807) is 18.2 Å². The zero-order chi connectivity index (χ0) is 12.2. The molecule has 0 atom stereocenters. The molecule has 0 fully saturated rings. The molecule has 0 radical (unpaired) electrons. The summed E-state index contributed by atoms with van der Waals surface area (Å²) in [6.45, 7) is 1.33. The minimum Gasteiger partial charge on any atom is -0.165 e. The number of alkyl halides is 3. The highest BCUT2D eigenvalue weighted by Gasteiger charge is 2.33. The van der Waals surface area contributed by atoms with E-state index in [2.05, 4.69) is 0 Å². The lowest BCUT2D eigenvalue weighted by Gasteiger charge is -2.06. The fraction of sp³-hybridized carbons (Fsp3) is 0.167. The quantitative estimate of drug-likeness (QED) is 0.659. The smallest absolute Gasteiger partial charge is 0.165 e. The molecule has 0 unspecified atom stereocenters. The van der Waals surface area contributed by atoms with Crippen molar-refractivity contribution in [1.29, 1.82) is 0 Å². The zero-order valence-corrected chi connectivity index (χ0v) is 9.31. The van der Waals surface area contributed by atoms with Crippen molar-refractivity contribution in [2.75, 3.05) is 0 Å². The lowest BCUT2D eigenvalue weighted by atomic mass is 10.1. The van der Waals surface area contributed by atoms with Gasteiger partial charge in [0.1, 0.15) is 5.03 Å². The van der Waals surface area contributed by atoms with E-state index in [1.165, 1.54) is 13.0 Å². The Balaban J connectivity index is 2.87. The van der Waals surface area contributed by atoms with E-state index in [0.29, 0.717) is 0 Å². The molecule has 0 amide bonds. The first-order chi connectivity index (χ1) is 7.41. The molecule has 1 aromatic rings. The molecule has 0 aliphatic carbocycles. The van der Waals surface area contributed by atoms with Gasteiger partial charge in [-0.05, 0) is 18.1 Å². The van der Waals surface area contributed by atoms with Gasteiger partial charge in [0, 0.05) is 0 Å². The Hall–Kier alpha value is -1.22. The van der Waals surface area contributed by atoms with Gasteiger partial charge in [-0.15, -0.1) is 0 Å². The van der Waals surface area contributed by atoms with E-state index in [4.69, 9.17) is 11.6 Å². The molecular weight excluding hydrogens is 237 g/mol. The fourth-order valence-corrected chi connectivity index (χ4v) is 1.15. The van der Waals surface area contributed by atoms with Gasteiger partial charge in [0.15, 0.2) is 0 Å². The molecular formula is C12H10ClF3. The van der Waals surface area contributed by atoms with Crippen LogP contribution in [-0.2, 0) is 0 Å². The van der Waals surface area contributed by atoms with E-state index in [-0.39, 0.29) is 5.57 Å². The molecule has 1 aromatic carbocycles. The Morgan fingerprint density at radius 2 is 1.75 bits per heavy atom. The Bertz CT molecular complexity index is 402. The summed E-state index contributed by atoms with van der Waals surface area (Å²) in [4.78, 5) is 0. The minimum atomic E-state index is -4.48. The van der Waals surface area contributed by atoms with Gasteiger partial charge in [0.05, 0.1) is 0 Å². The predicted molar refractivity (Wildman–Crippen MR) is 60.1 cm³/mol. The van der Waals surface area contributed by atoms with Gasteiger partial charge in [0.25, 0.3) is 0 Å². The molecule has 0 heterocycles. The van der Waals surface area contributed by atoms with Crippen LogP contribution in [0.15, 0.2) is 47.0 Å². The molecule has 0 saturated heterocycles. The Labute approximate surface area is 97.0 Å². The number of allylic oxidation sites excluding steroid dienone is 3. The highest BCUT2D eigenvalue weighted by molar-refractivity contribution is 6.30. The Kier molecular flexibility index (Phi) is 4.19. The molecule has 0 saturated carbocycles. The average Bonchev–Trinajstić information content (AvgIpc) is 2.25. The van der Waals surface area contributed by atoms with Crippen LogP contribution < -0.4 is 0 Å². The number of hydrogen-bond acceptors (Lipinski definition) is 0. The summed E-state index contributed by atoms with van der Waals surface area (Å²) in [5, 5.41) is -1.08. The van der Waals surface area contributed by atoms with Crippen molar-refractivity contribution >= 4 is 17.7 Å². The van der Waals surface area contributed by atoms with Crippen molar-refractivity contribution < 1.29 is 13.2 Å². The van der Waals surface area contributed by atoms with Crippen LogP contribution in [0.25, 0.3) is 6.08 Å². The van der Waals surface area contributed by atoms with Crippen molar-refractivity contribution in [2.24, 2.45) is 0 Å². The molecule has 0 aromatic heterocycles. The lowest BCUT2D eigenvalue weighted by Crippen LogP contribution is -2.08. The summed E-state index contributed by atoms with van der Waals surface area (Å²) < 4.78 is 36.6. The average molecular weight is 247 g/mol. The lowest BCUT2D eigenvalue weighted by molar-refractivity contribution is -0.0850. The van der Waals surface area contributed by atoms with Gasteiger partial charge in [-0.25, -0.2) is 0 Å². The van der Waals surface area contributed by atoms with E-state index in [1.807, 2.05) is 18.2 Å². The van der Waals surface area contributed by atoms with Crippen LogP contribution in [0, 0.1) is 0 Å². The highest BCUT2D eigenvalue weighted by Crippen LogP contribution is 2.31. The second-order valence-corrected chi connectivity index (χ2v) is 3.62. The topological polar surface area (TPSA) is 0 Å². The Morgan fingerprint density at radius 1 is 1.19 bits per heavy atom. The summed E-state index contributed by atoms with van der Waals surface area (Å²) >= 11 is 5.18. The van der Waals surface area contributed by atoms with E-state index in [0.717, 1.165) is 5.56 Å². The van der Waals surface area contributed by atoms with E-state index >= 15 is 0 Å². The first-order valence-corrected chi connectivity index (χ1v) is 4.96. The van der Waals surface area contributed by atoms with Crippen LogP contribution in [0.1, 0.15) is 12.5 Å². The van der Waals surface area contributed by atoms with Crippen molar-refractivity contribution in [3.8, 4) is 0 Å². The summed E-state index contributed by atoms with van der Waals surface area (Å²) in [7, 11) is 0. The number of hydrogen-bond donors (Lipinski definition) is 0. The minimum absolute atomic E-state index is 0.00183. The maximum atomic E-state index is 12.2. The van der Waals surface area contributed by atoms with Crippen LogP contribution in [0.5, 0.6) is 0 Å². The van der Waals surface area contributed by atoms with Crippen LogP contribution in [0.2, 0.25) is 0 Å². The molecule has 0 N–H and O–H groups in total. The molecule has 0 aliphatic heterocycles. The summed E-state index contributed by atoms with van der Waals surface area (Å²) in [6, 6.07) is 9.05. The third-order valence-electron chi connectivity index (χ3n) is 1.92. The molecule has 0 spiro atoms. The van der Waals surface area contributed by atoms with Crippen molar-refractivity contribution in [3.05, 3.63) is 52.6 Å². The molecule has 0 bridgehead atoms. The van der Waals surface area contributed by atoms with E-state index in [9.17, 15) is 13.2 Å². The maximum Gasteiger partial charge on any atom is 0.427 e. The van der Waals surface area contributed by atoms with Crippen LogP contribution >= 0.6 is 11.6 Å². The number of rotatable bonds is 2. The predicted octanol–water partition coefficient (Wildman–Crippen LogP) is 4.77. The molecule has 86 valence electrons. The monoisotopic (exact) mass is 246 g/mol. The van der Waals surface area contributed by atoms with Crippen molar-refractivity contribution in [1.82, 2.24) is 0 Å². The molecule has 0 aliphatic rings. The summed E-state index contributed by atoms with van der Waals surface area (Å²) in [5.74, 6) is 0. The van der Waals surface area contributed by atoms with Gasteiger partial charge in [-0.2, -0.15) is 13.2 Å². The van der Waals surface area contributed by atoms with Gasteiger partial charge in [-0.1, -0.05) is 54.1 Å². The van der Waals surface area contributed by atoms with Crippen molar-refractivity contribution in [3.63, 3.8) is 0 Å². The van der Waals surface area contributed by atoms with Crippen LogP contribution in [0.4, 0.5) is 13.2 Å². The highest BCUT2D eigenvalue weighted by atomic mass is 35.5. The molecule has 0 nitrogen and oxygen atoms in total. The molecule has 16 heavy (non-hydrogen) atoms. The normalized spacial score (nSPS) is 14.1. The van der Waals surface area contributed by atoms with Crippen molar-refractivity contribution in [2.45, 2.75) is 13.1 Å². The second-order valence-electron chi connectivity index (χ2n) is 3.24. The standard InChI is InChI=1S/C12H10ClF3/c1-9(11(13)12(14,15)16)7-8-10-5-3-2-4-6-10/h2-8H,1H3/b8-7+,11-9-. The first kappa shape index (κ1) is 12.8. The molecule has 4 heteroatoms. The summed E-state index contributed by atoms with van der Waals surface area (Å²) in [5.41, 5.74) is 0.825. The van der Waals surface area contributed by atoms with Gasteiger partial charge >= 0.3 is 6.18 Å². The third kappa shape index (κ3) is 3.74. The zero-order valence-electron chi connectivity index (χ0n) is 8.55. The second kappa shape index (κ2) is 5.21. The maximum absolute atomic E-state index is 12.2. The van der Waals surface area contributed by atoms with Crippen LogP contribution in [-0.4, -0.2) is 6.18 Å². The SMILES string of the molecule is CC(/C=C/c1ccccc1)=C(/Cl)C(F)(F)F. The van der Waals surface area contributed by atoms with Gasteiger partial charge in [-0.3, -0.25) is 0 Å². The number of benzene rings is 1. The first-order valence-electron chi connectivity index (χ1n) is 4.58. The van der Waals surface area contributed by atoms with Gasteiger partial charge < -0.3 is 0 Å². The summed E-state index contributed by atoms with van der Waals surface area (Å²) in [6.07, 6.45) is -1.54. The molecule has 1 rings (SSSR count). The fourth-order valence-electron chi connectivity index (χ4n) is 1.08. The van der Waals surface area contributed by atoms with E-state index < -0.39 is 11.2 Å². The van der Waals surface area contributed by atoms with Gasteiger partial charge in [0.2, 0.25) is 0 Å².